The largest absolute Gasteiger partial charge is 0.478 e. The van der Waals surface area contributed by atoms with Gasteiger partial charge in [-0.3, -0.25) is 4.79 Å². The molecule has 2 atom stereocenters. The van der Waals surface area contributed by atoms with E-state index < -0.39 is 12.1 Å². The van der Waals surface area contributed by atoms with Crippen LogP contribution in [-0.4, -0.2) is 32.0 Å². The van der Waals surface area contributed by atoms with Crippen molar-refractivity contribution in [3.63, 3.8) is 0 Å². The third-order valence-corrected chi connectivity index (χ3v) is 8.90. The predicted octanol–water partition coefficient (Wildman–Crippen LogP) is 7.02. The molecule has 1 amide bonds. The molecule has 8 nitrogen and oxygen atoms in total. The van der Waals surface area contributed by atoms with Crippen molar-refractivity contribution in [2.75, 3.05) is 0 Å². The quantitative estimate of drug-likeness (QED) is 0.187. The van der Waals surface area contributed by atoms with Crippen molar-refractivity contribution in [3.05, 3.63) is 123 Å². The van der Waals surface area contributed by atoms with E-state index in [2.05, 4.69) is 27.8 Å². The summed E-state index contributed by atoms with van der Waals surface area (Å²) < 4.78 is 7.70. The molecule has 44 heavy (non-hydrogen) atoms. The highest BCUT2D eigenvalue weighted by Gasteiger charge is 2.27. The average Bonchev–Trinajstić information content (AvgIpc) is 3.82. The van der Waals surface area contributed by atoms with Gasteiger partial charge >= 0.3 is 5.97 Å². The molecule has 2 N–H and O–H groups in total. The van der Waals surface area contributed by atoms with Crippen LogP contribution in [0.25, 0.3) is 11.0 Å². The average molecular weight is 607 g/mol. The number of hydrogen-bond acceptors (Lipinski definition) is 5. The molecule has 4 aromatic carbocycles. The number of halogens is 1. The molecule has 2 unspecified atom stereocenters. The molecule has 9 heteroatoms. The maximum absolute atomic E-state index is 13.2. The first-order valence-corrected chi connectivity index (χ1v) is 15.3. The van der Waals surface area contributed by atoms with Gasteiger partial charge in [0.05, 0.1) is 18.1 Å². The number of rotatable bonds is 9. The molecule has 0 saturated heterocycles. The maximum atomic E-state index is 13.2. The molecule has 1 heterocycles. The van der Waals surface area contributed by atoms with E-state index in [0.717, 1.165) is 43.2 Å². The van der Waals surface area contributed by atoms with Crippen LogP contribution in [0.4, 0.5) is 0 Å². The molecule has 0 spiro atoms. The first kappa shape index (κ1) is 28.1. The molecule has 1 aromatic heterocycles. The zero-order chi connectivity index (χ0) is 30.2. The highest BCUT2D eigenvalue weighted by molar-refractivity contribution is 6.31. The normalized spacial score (nSPS) is 16.7. The molecule has 1 fully saturated rings. The Morgan fingerprint density at radius 2 is 1.86 bits per heavy atom. The van der Waals surface area contributed by atoms with Crippen LogP contribution in [0.3, 0.4) is 0 Å². The summed E-state index contributed by atoms with van der Waals surface area (Å²) in [4.78, 5) is 25.4. The number of nitrogens with one attached hydrogen (secondary N) is 1. The molecule has 2 aliphatic rings. The minimum absolute atomic E-state index is 0.0154. The van der Waals surface area contributed by atoms with Crippen molar-refractivity contribution in [2.45, 2.75) is 56.7 Å². The summed E-state index contributed by atoms with van der Waals surface area (Å²) in [6, 6.07) is 26.3. The topological polar surface area (TPSA) is 106 Å². The summed E-state index contributed by atoms with van der Waals surface area (Å²) in [6.07, 6.45) is 4.08. The molecule has 7 rings (SSSR count). The molecule has 0 radical (unpaired) electrons. The van der Waals surface area contributed by atoms with Gasteiger partial charge in [0.15, 0.2) is 0 Å². The van der Waals surface area contributed by atoms with Gasteiger partial charge in [0, 0.05) is 16.1 Å². The third-order valence-electron chi connectivity index (χ3n) is 8.53. The number of aryl methyl sites for hydroxylation is 1. The SMILES string of the molecule is O=C(NC1CCCc2ccccc21)c1ccc2c(c1)nnn2Cc1cc(OC(C(=O)O)c2cccc(C3CC3)c2)ccc1Cl. The van der Waals surface area contributed by atoms with Gasteiger partial charge in [0.2, 0.25) is 6.10 Å². The molecule has 5 aromatic rings. The molecule has 0 aliphatic heterocycles. The number of benzene rings is 4. The van der Waals surface area contributed by atoms with Crippen molar-refractivity contribution in [3.8, 4) is 5.75 Å². The Hall–Kier alpha value is -4.69. The van der Waals surface area contributed by atoms with Crippen LogP contribution in [0.15, 0.2) is 84.9 Å². The molecule has 0 bridgehead atoms. The first-order chi connectivity index (χ1) is 21.4. The van der Waals surface area contributed by atoms with Crippen LogP contribution in [0, 0.1) is 0 Å². The predicted molar refractivity (Wildman–Crippen MR) is 167 cm³/mol. The number of carboxylic acid groups (broad SMARTS) is 1. The van der Waals surface area contributed by atoms with E-state index in [1.165, 1.54) is 11.1 Å². The Labute approximate surface area is 259 Å². The highest BCUT2D eigenvalue weighted by Crippen LogP contribution is 2.41. The Bertz CT molecular complexity index is 1880. The lowest BCUT2D eigenvalue weighted by Gasteiger charge is -2.26. The molecule has 222 valence electrons. The number of nitrogens with zero attached hydrogens (tertiary/aromatic N) is 3. The van der Waals surface area contributed by atoms with Crippen molar-refractivity contribution in [1.29, 1.82) is 0 Å². The number of hydrogen-bond donors (Lipinski definition) is 2. The van der Waals surface area contributed by atoms with E-state index in [1.807, 2.05) is 36.4 Å². The van der Waals surface area contributed by atoms with Crippen LogP contribution in [-0.2, 0) is 17.8 Å². The summed E-state index contributed by atoms with van der Waals surface area (Å²) in [7, 11) is 0. The van der Waals surface area contributed by atoms with E-state index in [4.69, 9.17) is 16.3 Å². The van der Waals surface area contributed by atoms with Crippen LogP contribution in [0.2, 0.25) is 5.02 Å². The van der Waals surface area contributed by atoms with E-state index in [-0.39, 0.29) is 18.5 Å². The molecular weight excluding hydrogens is 576 g/mol. The van der Waals surface area contributed by atoms with Gasteiger partial charge in [0.25, 0.3) is 5.91 Å². The summed E-state index contributed by atoms with van der Waals surface area (Å²) in [5.41, 5.74) is 6.77. The monoisotopic (exact) mass is 606 g/mol. The molecule has 2 aliphatic carbocycles. The van der Waals surface area contributed by atoms with Gasteiger partial charge in [-0.25, -0.2) is 9.48 Å². The Kier molecular flexibility index (Phi) is 7.52. The Morgan fingerprint density at radius 3 is 2.70 bits per heavy atom. The fraction of sp³-hybridized carbons (Fsp3) is 0.257. The van der Waals surface area contributed by atoms with Gasteiger partial charge in [-0.1, -0.05) is 65.3 Å². The maximum Gasteiger partial charge on any atom is 0.349 e. The van der Waals surface area contributed by atoms with Gasteiger partial charge in [-0.2, -0.15) is 0 Å². The number of ether oxygens (including phenoxy) is 1. The second-order valence-corrected chi connectivity index (χ2v) is 12.0. The highest BCUT2D eigenvalue weighted by atomic mass is 35.5. The number of carbonyl (C=O) groups excluding carboxylic acids is 1. The smallest absolute Gasteiger partial charge is 0.349 e. The van der Waals surface area contributed by atoms with E-state index in [1.54, 1.807) is 41.1 Å². The summed E-state index contributed by atoms with van der Waals surface area (Å²) in [5, 5.41) is 22.3. The van der Waals surface area contributed by atoms with E-state index in [9.17, 15) is 14.7 Å². The number of aliphatic carboxylic acids is 1. The summed E-state index contributed by atoms with van der Waals surface area (Å²) in [5.74, 6) is -0.318. The van der Waals surface area contributed by atoms with Crippen LogP contribution >= 0.6 is 11.6 Å². The van der Waals surface area contributed by atoms with Crippen molar-refractivity contribution < 1.29 is 19.4 Å². The van der Waals surface area contributed by atoms with Gasteiger partial charge in [-0.05, 0) is 96.7 Å². The Morgan fingerprint density at radius 1 is 1.00 bits per heavy atom. The second kappa shape index (κ2) is 11.8. The molecule has 1 saturated carbocycles. The van der Waals surface area contributed by atoms with Gasteiger partial charge in [0.1, 0.15) is 11.3 Å². The van der Waals surface area contributed by atoms with Crippen molar-refractivity contribution in [2.24, 2.45) is 0 Å². The first-order valence-electron chi connectivity index (χ1n) is 14.9. The Balaban J connectivity index is 1.08. The number of carboxylic acids is 1. The minimum Gasteiger partial charge on any atom is -0.478 e. The number of carbonyl (C=O) groups is 2. The second-order valence-electron chi connectivity index (χ2n) is 11.6. The number of aromatic nitrogens is 3. The van der Waals surface area contributed by atoms with Crippen LogP contribution in [0.1, 0.15) is 81.9 Å². The fourth-order valence-corrected chi connectivity index (χ4v) is 6.25. The lowest BCUT2D eigenvalue weighted by Crippen LogP contribution is -2.30. The van der Waals surface area contributed by atoms with Gasteiger partial charge < -0.3 is 15.2 Å². The summed E-state index contributed by atoms with van der Waals surface area (Å²) >= 11 is 6.55. The van der Waals surface area contributed by atoms with Crippen LogP contribution < -0.4 is 10.1 Å². The number of amides is 1. The lowest BCUT2D eigenvalue weighted by molar-refractivity contribution is -0.145. The zero-order valence-electron chi connectivity index (χ0n) is 23.9. The van der Waals surface area contributed by atoms with E-state index in [0.29, 0.717) is 38.9 Å². The van der Waals surface area contributed by atoms with Gasteiger partial charge in [-0.15, -0.1) is 5.10 Å². The van der Waals surface area contributed by atoms with Crippen molar-refractivity contribution >= 4 is 34.5 Å². The van der Waals surface area contributed by atoms with Crippen LogP contribution in [0.5, 0.6) is 5.75 Å². The fourth-order valence-electron chi connectivity index (χ4n) is 6.07. The number of fused-ring (bicyclic) bond motifs is 2. The lowest BCUT2D eigenvalue weighted by atomic mass is 9.87. The van der Waals surface area contributed by atoms with Crippen molar-refractivity contribution in [1.82, 2.24) is 20.3 Å². The third kappa shape index (κ3) is 5.77. The van der Waals surface area contributed by atoms with E-state index >= 15 is 0 Å². The molecular formula is C35H31ClN4O4. The summed E-state index contributed by atoms with van der Waals surface area (Å²) in [6.45, 7) is 0.284. The minimum atomic E-state index is -1.15. The standard InChI is InChI=1S/C35H31ClN4O4/c36-29-15-14-27(44-33(35(42)43)24-8-3-7-23(17-24)21-11-12-21)18-26(29)20-40-32-16-13-25(19-31(32)38-39-40)34(41)37-30-10-4-6-22-5-1-2-9-28(22)30/h1-3,5,7-9,13-19,21,30,33H,4,6,10-12,20H2,(H,37,41)(H,42,43). The zero-order valence-corrected chi connectivity index (χ0v) is 24.7.